The van der Waals surface area contributed by atoms with E-state index in [2.05, 4.69) is 0 Å². The van der Waals surface area contributed by atoms with Crippen LogP contribution in [0.25, 0.3) is 5.76 Å². The van der Waals surface area contributed by atoms with Gasteiger partial charge in [-0.15, -0.1) is 0 Å². The van der Waals surface area contributed by atoms with Gasteiger partial charge in [0, 0.05) is 35.2 Å². The molecule has 0 aliphatic heterocycles. The summed E-state index contributed by atoms with van der Waals surface area (Å²) in [5, 5.41) is 43.6. The number of amides is 1. The number of primary amides is 1. The highest BCUT2D eigenvalue weighted by atomic mass is 16.3. The highest BCUT2D eigenvalue weighted by molar-refractivity contribution is 6.23. The van der Waals surface area contributed by atoms with E-state index in [0.717, 1.165) is 0 Å². The van der Waals surface area contributed by atoms with Gasteiger partial charge in [-0.25, -0.2) is 0 Å². The second-order valence-corrected chi connectivity index (χ2v) is 9.43. The van der Waals surface area contributed by atoms with Gasteiger partial charge >= 0.3 is 0 Å². The Morgan fingerprint density at radius 3 is 2.37 bits per heavy atom. The minimum Gasteiger partial charge on any atom is -0.507 e. The molecule has 8 N–H and O–H groups in total. The number of likely N-dealkylation sites (N-methyl/N-ethyl adjacent to an activating group) is 1. The van der Waals surface area contributed by atoms with Crippen molar-refractivity contribution in [3.05, 3.63) is 33.9 Å². The molecule has 11 heteroatoms. The van der Waals surface area contributed by atoms with Crippen LogP contribution in [0, 0.1) is 11.8 Å². The molecule has 0 unspecified atom stereocenters. The first kappa shape index (κ1) is 26.5. The van der Waals surface area contributed by atoms with Gasteiger partial charge in [0.05, 0.1) is 18.6 Å². The van der Waals surface area contributed by atoms with Crippen LogP contribution in [0.3, 0.4) is 0 Å². The van der Waals surface area contributed by atoms with Crippen molar-refractivity contribution in [1.29, 1.82) is 0 Å². The predicted octanol–water partition coefficient (Wildman–Crippen LogP) is -0.818. The average molecular weight is 490 g/mol. The molecule has 3 rings (SSSR count). The first-order chi connectivity index (χ1) is 16.3. The van der Waals surface area contributed by atoms with Crippen molar-refractivity contribution < 1.29 is 39.6 Å². The third-order valence-corrected chi connectivity index (χ3v) is 7.18. The van der Waals surface area contributed by atoms with Gasteiger partial charge in [-0.1, -0.05) is 0 Å². The fraction of sp³-hybridized carbons (Fsp3) is 0.500. The fourth-order valence-corrected chi connectivity index (χ4v) is 5.44. The number of aliphatic hydroxyl groups excluding tert-OH is 2. The van der Waals surface area contributed by atoms with Gasteiger partial charge in [0.15, 0.2) is 17.2 Å². The smallest absolute Gasteiger partial charge is 0.225 e. The zero-order valence-electron chi connectivity index (χ0n) is 19.9. The molecule has 0 spiro atoms. The van der Waals surface area contributed by atoms with E-state index in [4.69, 9.17) is 11.5 Å². The number of aliphatic hydroxyl groups is 3. The summed E-state index contributed by atoms with van der Waals surface area (Å²) in [5.41, 5.74) is 8.38. The molecule has 1 aromatic carbocycles. The molecule has 1 aromatic rings. The van der Waals surface area contributed by atoms with Gasteiger partial charge in [0.25, 0.3) is 0 Å². The van der Waals surface area contributed by atoms with E-state index >= 15 is 0 Å². The molecule has 11 nitrogen and oxygen atoms in total. The molecule has 0 heterocycles. The van der Waals surface area contributed by atoms with Crippen molar-refractivity contribution in [3.8, 4) is 5.75 Å². The summed E-state index contributed by atoms with van der Waals surface area (Å²) in [7, 11) is 3.20. The Morgan fingerprint density at radius 2 is 1.89 bits per heavy atom. The van der Waals surface area contributed by atoms with Crippen LogP contribution in [-0.2, 0) is 27.3 Å². The van der Waals surface area contributed by atoms with Gasteiger partial charge in [0.1, 0.15) is 11.5 Å². The summed E-state index contributed by atoms with van der Waals surface area (Å²) >= 11 is 0. The number of ketones is 3. The maximum absolute atomic E-state index is 13.7. The average Bonchev–Trinajstić information content (AvgIpc) is 2.76. The topological polar surface area (TPSA) is 204 Å². The van der Waals surface area contributed by atoms with Crippen molar-refractivity contribution >= 4 is 29.0 Å². The number of nitrogens with two attached hydrogens (primary N) is 2. The third-order valence-electron chi connectivity index (χ3n) is 7.18. The lowest BCUT2D eigenvalue weighted by Gasteiger charge is -2.47. The standard InChI is InChI=1S/C24H31N3O8/c1-10(29)13-5-12(8-25)21(32)20-14(13)4-11-6-15(16(9-28)27(2)3)24(35,17(30)7-18(26)31)23(34)19(11)22(20)33/h5,11,15-16,28,32-33,35H,4,6-9,25H2,1-3H3,(H2,26,31)/t11-,15-,16+,24+/m0/s1. The lowest BCUT2D eigenvalue weighted by Crippen LogP contribution is -2.64. The van der Waals surface area contributed by atoms with Crippen LogP contribution >= 0.6 is 0 Å². The van der Waals surface area contributed by atoms with Crippen LogP contribution in [0.2, 0.25) is 0 Å². The number of fused-ring (bicyclic) bond motifs is 2. The Balaban J connectivity index is 2.31. The van der Waals surface area contributed by atoms with Crippen LogP contribution < -0.4 is 11.5 Å². The second kappa shape index (κ2) is 9.50. The molecule has 1 amide bonds. The molecule has 35 heavy (non-hydrogen) atoms. The zero-order valence-corrected chi connectivity index (χ0v) is 19.9. The largest absolute Gasteiger partial charge is 0.507 e. The van der Waals surface area contributed by atoms with E-state index in [1.165, 1.54) is 13.0 Å². The number of carbonyl (C=O) groups is 4. The molecule has 1 fully saturated rings. The molecule has 2 aliphatic rings. The van der Waals surface area contributed by atoms with Crippen molar-refractivity contribution in [2.24, 2.45) is 23.3 Å². The van der Waals surface area contributed by atoms with E-state index in [1.807, 2.05) is 0 Å². The van der Waals surface area contributed by atoms with Gasteiger partial charge in [-0.2, -0.15) is 0 Å². The number of hydrogen-bond acceptors (Lipinski definition) is 10. The number of carbonyl (C=O) groups excluding carboxylic acids is 4. The summed E-state index contributed by atoms with van der Waals surface area (Å²) in [6, 6.07) is 0.589. The van der Waals surface area contributed by atoms with Crippen LogP contribution in [0.15, 0.2) is 11.6 Å². The number of aromatic hydroxyl groups is 1. The molecule has 0 bridgehead atoms. The predicted molar refractivity (Wildman–Crippen MR) is 124 cm³/mol. The first-order valence-corrected chi connectivity index (χ1v) is 11.2. The van der Waals surface area contributed by atoms with Crippen LogP contribution in [0.4, 0.5) is 0 Å². The molecular formula is C24H31N3O8. The normalized spacial score (nSPS) is 24.7. The zero-order chi connectivity index (χ0) is 26.4. The van der Waals surface area contributed by atoms with Crippen LogP contribution in [-0.4, -0.2) is 80.9 Å². The molecule has 0 aromatic heterocycles. The molecule has 0 saturated heterocycles. The lowest BCUT2D eigenvalue weighted by atomic mass is 9.59. The number of rotatable bonds is 8. The maximum atomic E-state index is 13.7. The van der Waals surface area contributed by atoms with E-state index in [-0.39, 0.29) is 47.4 Å². The highest BCUT2D eigenvalue weighted by Crippen LogP contribution is 2.50. The van der Waals surface area contributed by atoms with Crippen LogP contribution in [0.1, 0.15) is 46.8 Å². The van der Waals surface area contributed by atoms with Crippen molar-refractivity contribution in [3.63, 3.8) is 0 Å². The summed E-state index contributed by atoms with van der Waals surface area (Å²) in [6.45, 7) is 0.668. The van der Waals surface area contributed by atoms with E-state index in [1.54, 1.807) is 19.0 Å². The summed E-state index contributed by atoms with van der Waals surface area (Å²) in [5.74, 6) is -6.61. The van der Waals surface area contributed by atoms with Gasteiger partial charge in [-0.3, -0.25) is 19.2 Å². The first-order valence-electron chi connectivity index (χ1n) is 11.2. The number of benzene rings is 1. The van der Waals surface area contributed by atoms with E-state index in [9.17, 15) is 39.6 Å². The Bertz CT molecular complexity index is 1140. The lowest BCUT2D eigenvalue weighted by molar-refractivity contribution is -0.163. The molecular weight excluding hydrogens is 458 g/mol. The summed E-state index contributed by atoms with van der Waals surface area (Å²) in [6.07, 6.45) is -0.904. The number of nitrogens with zero attached hydrogens (tertiary/aromatic N) is 1. The van der Waals surface area contributed by atoms with Crippen molar-refractivity contribution in [2.75, 3.05) is 20.7 Å². The van der Waals surface area contributed by atoms with Crippen molar-refractivity contribution in [1.82, 2.24) is 4.90 Å². The van der Waals surface area contributed by atoms with Crippen molar-refractivity contribution in [2.45, 2.75) is 44.4 Å². The Kier molecular flexibility index (Phi) is 7.19. The number of phenols is 1. The quantitative estimate of drug-likeness (QED) is 0.198. The van der Waals surface area contributed by atoms with Gasteiger partial charge in [0.2, 0.25) is 11.7 Å². The molecule has 190 valence electrons. The second-order valence-electron chi connectivity index (χ2n) is 9.43. The maximum Gasteiger partial charge on any atom is 0.225 e. The van der Waals surface area contributed by atoms with E-state index < -0.39 is 65.5 Å². The molecule has 1 saturated carbocycles. The van der Waals surface area contributed by atoms with Gasteiger partial charge < -0.3 is 36.8 Å². The Hall–Kier alpha value is -3.12. The minimum atomic E-state index is -2.76. The molecule has 0 radical (unpaired) electrons. The number of phenolic OH excluding ortho intramolecular Hbond substituents is 1. The van der Waals surface area contributed by atoms with Gasteiger partial charge in [-0.05, 0) is 51.4 Å². The Morgan fingerprint density at radius 1 is 1.26 bits per heavy atom. The summed E-state index contributed by atoms with van der Waals surface area (Å²) < 4.78 is 0. The highest BCUT2D eigenvalue weighted by Gasteiger charge is 2.60. The fourth-order valence-electron chi connectivity index (χ4n) is 5.44. The molecule has 2 aliphatic carbocycles. The third kappa shape index (κ3) is 4.14. The number of Topliss-reactive ketones (excluding diaryl/α,β-unsaturated/α-hetero) is 3. The Labute approximate surface area is 202 Å². The SMILES string of the molecule is CC(=O)c1cc(CN)c(O)c2c1C[C@H]1C[C@@H]([C@@H](CO)N(C)C)[C@@](O)(C(=O)CC(N)=O)C(=O)C1=C2O. The minimum absolute atomic E-state index is 0.0360. The molecule has 4 atom stereocenters. The summed E-state index contributed by atoms with van der Waals surface area (Å²) in [4.78, 5) is 52.2. The van der Waals surface area contributed by atoms with Crippen LogP contribution in [0.5, 0.6) is 5.75 Å². The van der Waals surface area contributed by atoms with E-state index in [0.29, 0.717) is 5.56 Å². The monoisotopic (exact) mass is 489 g/mol. The number of hydrogen-bond donors (Lipinski definition) is 6.